The monoisotopic (exact) mass is 269 g/mol. The van der Waals surface area contributed by atoms with E-state index in [1.807, 2.05) is 0 Å². The molecule has 0 aromatic heterocycles. The number of nitrogens with zero attached hydrogens (tertiary/aromatic N) is 3. The second-order valence-corrected chi connectivity index (χ2v) is 4.00. The van der Waals surface area contributed by atoms with E-state index in [0.29, 0.717) is 0 Å². The number of amides is 1. The van der Waals surface area contributed by atoms with E-state index in [4.69, 9.17) is 11.3 Å². The van der Waals surface area contributed by atoms with Gasteiger partial charge < -0.3 is 5.73 Å². The largest absolute Gasteiger partial charge is 0.368 e. The number of benzene rings is 1. The molecule has 8 heteroatoms. The fourth-order valence-electron chi connectivity index (χ4n) is 1.54. The number of nitrogens with one attached hydrogen (secondary N) is 1. The van der Waals surface area contributed by atoms with E-state index in [9.17, 15) is 13.6 Å². The van der Waals surface area contributed by atoms with Crippen LogP contribution in [0.1, 0.15) is 12.5 Å². The summed E-state index contributed by atoms with van der Waals surface area (Å²) in [4.78, 5) is 14.1. The van der Waals surface area contributed by atoms with Crippen molar-refractivity contribution in [1.82, 2.24) is 5.32 Å². The van der Waals surface area contributed by atoms with Crippen LogP contribution < -0.4 is 11.1 Å². The Hall–Kier alpha value is -2.18. The Morgan fingerprint density at radius 3 is 2.74 bits per heavy atom. The first kappa shape index (κ1) is 14.9. The lowest BCUT2D eigenvalue weighted by atomic mass is 9.91. The van der Waals surface area contributed by atoms with E-state index in [2.05, 4.69) is 15.3 Å². The molecular weight excluding hydrogens is 256 g/mol. The van der Waals surface area contributed by atoms with Crippen LogP contribution in [0.15, 0.2) is 23.3 Å². The first-order chi connectivity index (χ1) is 8.91. The number of halogens is 2. The molecule has 1 aromatic carbocycles. The van der Waals surface area contributed by atoms with Gasteiger partial charge in [-0.2, -0.15) is 0 Å². The lowest BCUT2D eigenvalue weighted by Gasteiger charge is -2.28. The van der Waals surface area contributed by atoms with Crippen LogP contribution in [0, 0.1) is 11.6 Å². The number of rotatable bonds is 6. The molecule has 3 N–H and O–H groups in total. The molecule has 1 amide bonds. The van der Waals surface area contributed by atoms with Gasteiger partial charge in [0.15, 0.2) is 11.6 Å². The summed E-state index contributed by atoms with van der Waals surface area (Å²) in [6.07, 6.45) is 0. The molecule has 1 aromatic rings. The molecule has 0 spiro atoms. The first-order valence-corrected chi connectivity index (χ1v) is 5.43. The molecule has 19 heavy (non-hydrogen) atoms. The summed E-state index contributed by atoms with van der Waals surface area (Å²) in [6, 6.07) is 3.09. The molecule has 0 radical (unpaired) electrons. The molecule has 1 atom stereocenters. The summed E-state index contributed by atoms with van der Waals surface area (Å²) < 4.78 is 26.1. The van der Waals surface area contributed by atoms with Gasteiger partial charge in [0.25, 0.3) is 0 Å². The smallest absolute Gasteiger partial charge is 0.242 e. The van der Waals surface area contributed by atoms with E-state index in [0.717, 1.165) is 12.1 Å². The highest BCUT2D eigenvalue weighted by Crippen LogP contribution is 2.22. The average molecular weight is 269 g/mol. The number of primary amides is 1. The van der Waals surface area contributed by atoms with E-state index < -0.39 is 23.1 Å². The highest BCUT2D eigenvalue weighted by atomic mass is 19.2. The average Bonchev–Trinajstić information content (AvgIpc) is 2.37. The predicted molar refractivity (Wildman–Crippen MR) is 64.9 cm³/mol. The van der Waals surface area contributed by atoms with Crippen molar-refractivity contribution in [3.8, 4) is 0 Å². The molecule has 0 aliphatic rings. The lowest BCUT2D eigenvalue weighted by molar-refractivity contribution is -0.124. The molecule has 1 rings (SSSR count). The van der Waals surface area contributed by atoms with Crippen molar-refractivity contribution in [2.24, 2.45) is 10.8 Å². The Morgan fingerprint density at radius 1 is 1.53 bits per heavy atom. The number of hydrogen-bond acceptors (Lipinski definition) is 3. The van der Waals surface area contributed by atoms with E-state index >= 15 is 0 Å². The minimum absolute atomic E-state index is 0.100. The van der Waals surface area contributed by atoms with Gasteiger partial charge in [-0.25, -0.2) is 8.78 Å². The standard InChI is InChI=1S/C11H13F2N5O/c1-11(10(14)19,16-4-5-17-18-15)7-2-3-8(12)9(13)6-7/h2-3,6,16H,4-5H2,1H3,(H2,14,19). The summed E-state index contributed by atoms with van der Waals surface area (Å²) >= 11 is 0. The topological polar surface area (TPSA) is 104 Å². The summed E-state index contributed by atoms with van der Waals surface area (Å²) in [6.45, 7) is 1.71. The molecule has 0 saturated carbocycles. The van der Waals surface area contributed by atoms with Crippen LogP contribution in [0.5, 0.6) is 0 Å². The van der Waals surface area contributed by atoms with Crippen LogP contribution in [0.3, 0.4) is 0 Å². The van der Waals surface area contributed by atoms with E-state index in [1.165, 1.54) is 13.0 Å². The Kier molecular flexibility index (Phi) is 4.80. The van der Waals surface area contributed by atoms with E-state index in [-0.39, 0.29) is 18.7 Å². The second-order valence-electron chi connectivity index (χ2n) is 4.00. The zero-order valence-corrected chi connectivity index (χ0v) is 10.2. The molecule has 0 aliphatic heterocycles. The summed E-state index contributed by atoms with van der Waals surface area (Å²) in [7, 11) is 0. The molecule has 0 saturated heterocycles. The zero-order chi connectivity index (χ0) is 14.5. The highest BCUT2D eigenvalue weighted by Gasteiger charge is 2.33. The Balaban J connectivity index is 3.00. The van der Waals surface area contributed by atoms with Crippen molar-refractivity contribution >= 4 is 5.91 Å². The van der Waals surface area contributed by atoms with Gasteiger partial charge in [-0.3, -0.25) is 10.1 Å². The van der Waals surface area contributed by atoms with Crippen molar-refractivity contribution in [2.45, 2.75) is 12.5 Å². The fourth-order valence-corrected chi connectivity index (χ4v) is 1.54. The van der Waals surface area contributed by atoms with E-state index in [1.54, 1.807) is 0 Å². The third kappa shape index (κ3) is 3.40. The van der Waals surface area contributed by atoms with Crippen molar-refractivity contribution in [1.29, 1.82) is 0 Å². The lowest BCUT2D eigenvalue weighted by Crippen LogP contribution is -2.51. The van der Waals surface area contributed by atoms with Crippen LogP contribution in [-0.4, -0.2) is 19.0 Å². The third-order valence-electron chi connectivity index (χ3n) is 2.74. The maximum Gasteiger partial charge on any atom is 0.242 e. The number of carbonyl (C=O) groups is 1. The van der Waals surface area contributed by atoms with Crippen LogP contribution in [0.2, 0.25) is 0 Å². The van der Waals surface area contributed by atoms with Gasteiger partial charge in [0.1, 0.15) is 5.54 Å². The summed E-state index contributed by atoms with van der Waals surface area (Å²) in [5, 5.41) is 6.06. The maximum atomic E-state index is 13.2. The Labute approximate surface area is 108 Å². The van der Waals surface area contributed by atoms with Gasteiger partial charge in [-0.05, 0) is 30.2 Å². The SMILES string of the molecule is CC(NCCN=[N+]=[N-])(C(N)=O)c1ccc(F)c(F)c1. The van der Waals surface area contributed by atoms with Gasteiger partial charge in [-0.15, -0.1) is 0 Å². The van der Waals surface area contributed by atoms with Crippen LogP contribution >= 0.6 is 0 Å². The molecule has 0 heterocycles. The van der Waals surface area contributed by atoms with Crippen molar-refractivity contribution in [3.05, 3.63) is 45.8 Å². The maximum absolute atomic E-state index is 13.2. The van der Waals surface area contributed by atoms with Gasteiger partial charge in [-0.1, -0.05) is 11.2 Å². The second kappa shape index (κ2) is 6.12. The van der Waals surface area contributed by atoms with Crippen molar-refractivity contribution in [3.63, 3.8) is 0 Å². The molecule has 0 bridgehead atoms. The first-order valence-electron chi connectivity index (χ1n) is 5.43. The normalized spacial score (nSPS) is 13.4. The van der Waals surface area contributed by atoms with Crippen LogP contribution in [0.25, 0.3) is 10.4 Å². The molecular formula is C11H13F2N5O. The fraction of sp³-hybridized carbons (Fsp3) is 0.364. The summed E-state index contributed by atoms with van der Waals surface area (Å²) in [5.41, 5.74) is 12.2. The van der Waals surface area contributed by atoms with Crippen molar-refractivity contribution < 1.29 is 13.6 Å². The van der Waals surface area contributed by atoms with Gasteiger partial charge in [0, 0.05) is 18.0 Å². The van der Waals surface area contributed by atoms with Crippen LogP contribution in [-0.2, 0) is 10.3 Å². The molecule has 0 fully saturated rings. The number of carbonyl (C=O) groups excluding carboxylic acids is 1. The number of azide groups is 1. The van der Waals surface area contributed by atoms with Gasteiger partial charge in [0.05, 0.1) is 0 Å². The minimum Gasteiger partial charge on any atom is -0.368 e. The van der Waals surface area contributed by atoms with Gasteiger partial charge >= 0.3 is 0 Å². The molecule has 102 valence electrons. The number of hydrogen-bond donors (Lipinski definition) is 2. The minimum atomic E-state index is -1.38. The van der Waals surface area contributed by atoms with Crippen molar-refractivity contribution in [2.75, 3.05) is 13.1 Å². The molecule has 0 aliphatic carbocycles. The number of nitrogens with two attached hydrogens (primary N) is 1. The Bertz CT molecular complexity index is 530. The molecule has 1 unspecified atom stereocenters. The predicted octanol–water partition coefficient (Wildman–Crippen LogP) is 1.57. The molecule has 6 nitrogen and oxygen atoms in total. The third-order valence-corrected chi connectivity index (χ3v) is 2.74. The van der Waals surface area contributed by atoms with Gasteiger partial charge in [0.2, 0.25) is 5.91 Å². The zero-order valence-electron chi connectivity index (χ0n) is 10.2. The quantitative estimate of drug-likeness (QED) is 0.354. The summed E-state index contributed by atoms with van der Waals surface area (Å²) in [5.74, 6) is -2.83. The Morgan fingerprint density at radius 2 is 2.21 bits per heavy atom. The highest BCUT2D eigenvalue weighted by molar-refractivity contribution is 5.85. The van der Waals surface area contributed by atoms with Crippen LogP contribution in [0.4, 0.5) is 8.78 Å².